The predicted molar refractivity (Wildman–Crippen MR) is 89.6 cm³/mol. The Labute approximate surface area is 119 Å². The van der Waals surface area contributed by atoms with Gasteiger partial charge in [-0.25, -0.2) is 0 Å². The Morgan fingerprint density at radius 1 is 1.05 bits per heavy atom. The standard InChI is InChI=1S/C16H27BOSi/c1-6-16-14(4)19(5,15-12-10-9-11-13-15)18-17(16,7-2)8-3/h9-13,18H,6-8H2,1-5H3. The van der Waals surface area contributed by atoms with E-state index in [1.807, 2.05) is 0 Å². The molecule has 0 saturated heterocycles. The lowest BCUT2D eigenvalue weighted by Crippen LogP contribution is -2.55. The quantitative estimate of drug-likeness (QED) is 0.585. The number of hydrogen-bond donors (Lipinski definition) is 0. The third-order valence-electron chi connectivity index (χ3n) is 5.43. The monoisotopic (exact) mass is 274 g/mol. The molecule has 1 heterocycles. The van der Waals surface area contributed by atoms with Crippen molar-refractivity contribution in [2.45, 2.75) is 53.3 Å². The van der Waals surface area contributed by atoms with E-state index in [4.69, 9.17) is 4.34 Å². The van der Waals surface area contributed by atoms with E-state index < -0.39 is 14.7 Å². The van der Waals surface area contributed by atoms with Crippen molar-refractivity contribution in [2.24, 2.45) is 0 Å². The molecule has 1 aliphatic rings. The van der Waals surface area contributed by atoms with Crippen LogP contribution in [0, 0.1) is 0 Å². The highest BCUT2D eigenvalue weighted by atomic mass is 28.4. The average Bonchev–Trinajstić information content (AvgIpc) is 2.69. The van der Waals surface area contributed by atoms with E-state index in [9.17, 15) is 0 Å². The normalized spacial score (nSPS) is 25.9. The van der Waals surface area contributed by atoms with Gasteiger partial charge >= 0.3 is 8.32 Å². The molecular formula is C16H27BOSi. The number of rotatable bonds is 4. The molecule has 0 saturated carbocycles. The molecule has 0 fully saturated rings. The van der Waals surface area contributed by atoms with Gasteiger partial charge in [0.2, 0.25) is 0 Å². The van der Waals surface area contributed by atoms with Crippen LogP contribution in [0.2, 0.25) is 19.2 Å². The molecule has 1 nitrogen and oxygen atoms in total. The second-order valence-corrected chi connectivity index (χ2v) is 9.81. The molecule has 0 radical (unpaired) electrons. The zero-order chi connectivity index (χ0) is 14.1. The molecule has 1 atom stereocenters. The van der Waals surface area contributed by atoms with Crippen LogP contribution in [0.25, 0.3) is 0 Å². The van der Waals surface area contributed by atoms with Crippen LogP contribution < -0.4 is 5.19 Å². The minimum Gasteiger partial charge on any atom is -0.774 e. The molecule has 19 heavy (non-hydrogen) atoms. The van der Waals surface area contributed by atoms with Gasteiger partial charge < -0.3 is 4.34 Å². The van der Waals surface area contributed by atoms with Crippen molar-refractivity contribution >= 4 is 19.9 Å². The summed E-state index contributed by atoms with van der Waals surface area (Å²) in [5.74, 6) is 0. The summed E-state index contributed by atoms with van der Waals surface area (Å²) in [4.78, 5) is 0. The lowest BCUT2D eigenvalue weighted by Gasteiger charge is -2.37. The van der Waals surface area contributed by atoms with Crippen molar-refractivity contribution in [3.63, 3.8) is 0 Å². The van der Waals surface area contributed by atoms with Gasteiger partial charge in [0.15, 0.2) is 0 Å². The minimum atomic E-state index is -1.79. The van der Waals surface area contributed by atoms with Gasteiger partial charge in [-0.05, 0) is 12.1 Å². The summed E-state index contributed by atoms with van der Waals surface area (Å²) in [7, 11) is -1.79. The summed E-state index contributed by atoms with van der Waals surface area (Å²) in [5, 5.41) is 3.11. The van der Waals surface area contributed by atoms with Gasteiger partial charge in [0, 0.05) is 11.7 Å². The Morgan fingerprint density at radius 2 is 1.63 bits per heavy atom. The van der Waals surface area contributed by atoms with Crippen LogP contribution in [-0.2, 0) is 0 Å². The molecule has 0 aromatic heterocycles. The Kier molecular flexibility index (Phi) is 4.07. The zero-order valence-corrected chi connectivity index (χ0v) is 14.0. The molecular weight excluding hydrogens is 247 g/mol. The largest absolute Gasteiger partial charge is 0.774 e. The van der Waals surface area contributed by atoms with Crippen LogP contribution in [0.15, 0.2) is 41.0 Å². The van der Waals surface area contributed by atoms with Crippen LogP contribution in [0.5, 0.6) is 0 Å². The minimum absolute atomic E-state index is 0.620. The number of hydrogen-bond acceptors (Lipinski definition) is 0. The topological polar surface area (TPSA) is 12.8 Å². The van der Waals surface area contributed by atoms with Crippen LogP contribution in [-0.4, -0.2) is 19.0 Å². The first-order valence-corrected chi connectivity index (χ1v) is 10.2. The number of benzene rings is 1. The third-order valence-corrected chi connectivity index (χ3v) is 9.68. The second-order valence-electron chi connectivity index (χ2n) is 6.08. The summed E-state index contributed by atoms with van der Waals surface area (Å²) < 4.78 is 5.52. The van der Waals surface area contributed by atoms with E-state index in [0.717, 1.165) is 0 Å². The molecule has 0 bridgehead atoms. The fourth-order valence-electron chi connectivity index (χ4n) is 4.05. The molecule has 2 rings (SSSR count). The summed E-state index contributed by atoms with van der Waals surface area (Å²) in [5.41, 5.74) is 1.68. The van der Waals surface area contributed by atoms with E-state index >= 15 is 0 Å². The maximum Gasteiger partial charge on any atom is 0.389 e. The van der Waals surface area contributed by atoms with Gasteiger partial charge in [0.05, 0.1) is 0 Å². The highest BCUT2D eigenvalue weighted by Gasteiger charge is 2.54. The molecule has 3 heteroatoms. The molecule has 0 amide bonds. The highest BCUT2D eigenvalue weighted by Crippen LogP contribution is 2.40. The van der Waals surface area contributed by atoms with Gasteiger partial charge in [0.25, 0.3) is 6.35 Å². The lowest BCUT2D eigenvalue weighted by atomic mass is 9.32. The van der Waals surface area contributed by atoms with E-state index in [1.54, 1.807) is 10.7 Å². The maximum absolute atomic E-state index is 5.52. The molecule has 0 aliphatic carbocycles. The van der Waals surface area contributed by atoms with Gasteiger partial charge in [-0.2, -0.15) is 0 Å². The van der Waals surface area contributed by atoms with Crippen molar-refractivity contribution < 1.29 is 4.34 Å². The SMILES string of the molecule is CCC1=C(C)[Si](C)(c2ccccc2)[OH+][B-]1(CC)CC. The lowest BCUT2D eigenvalue weighted by molar-refractivity contribution is 0.348. The summed E-state index contributed by atoms with van der Waals surface area (Å²) >= 11 is 0. The second kappa shape index (κ2) is 5.30. The molecule has 1 aliphatic heterocycles. The van der Waals surface area contributed by atoms with E-state index in [-0.39, 0.29) is 0 Å². The first-order chi connectivity index (χ1) is 9.04. The molecule has 1 unspecified atom stereocenters. The van der Waals surface area contributed by atoms with E-state index in [2.05, 4.69) is 64.6 Å². The summed E-state index contributed by atoms with van der Waals surface area (Å²) in [6, 6.07) is 11.0. The summed E-state index contributed by atoms with van der Waals surface area (Å²) in [6.07, 6.45) is 2.96. The average molecular weight is 274 g/mol. The van der Waals surface area contributed by atoms with Gasteiger partial charge in [0.1, 0.15) is 0 Å². The highest BCUT2D eigenvalue weighted by molar-refractivity contribution is 7.03. The van der Waals surface area contributed by atoms with E-state index in [0.29, 0.717) is 0 Å². The van der Waals surface area contributed by atoms with Gasteiger partial charge in [-0.1, -0.05) is 57.5 Å². The fraction of sp³-hybridized carbons (Fsp3) is 0.500. The van der Waals surface area contributed by atoms with E-state index in [1.165, 1.54) is 24.2 Å². The smallest absolute Gasteiger partial charge is 0.389 e. The zero-order valence-electron chi connectivity index (χ0n) is 13.0. The Balaban J connectivity index is 2.54. The summed E-state index contributed by atoms with van der Waals surface area (Å²) in [6.45, 7) is 11.7. The Bertz CT molecular complexity index is 479. The maximum atomic E-state index is 5.52. The Morgan fingerprint density at radius 3 is 2.05 bits per heavy atom. The molecule has 104 valence electrons. The molecule has 1 N–H and O–H groups in total. The third kappa shape index (κ3) is 2.13. The molecule has 0 spiro atoms. The van der Waals surface area contributed by atoms with Crippen molar-refractivity contribution in [1.82, 2.24) is 0 Å². The van der Waals surface area contributed by atoms with Gasteiger partial charge in [-0.15, -0.1) is 18.1 Å². The van der Waals surface area contributed by atoms with Gasteiger partial charge in [-0.3, -0.25) is 0 Å². The first kappa shape index (κ1) is 14.6. The van der Waals surface area contributed by atoms with Crippen molar-refractivity contribution in [1.29, 1.82) is 0 Å². The fourth-order valence-corrected chi connectivity index (χ4v) is 8.25. The number of allylic oxidation sites excluding steroid dienone is 2. The van der Waals surface area contributed by atoms with Crippen molar-refractivity contribution in [2.75, 3.05) is 0 Å². The molecule has 1 aromatic carbocycles. The predicted octanol–water partition coefficient (Wildman–Crippen LogP) is 3.80. The van der Waals surface area contributed by atoms with Crippen molar-refractivity contribution in [3.05, 3.63) is 41.0 Å². The Hall–Kier alpha value is -0.798. The van der Waals surface area contributed by atoms with Crippen LogP contribution in [0.1, 0.15) is 34.1 Å². The van der Waals surface area contributed by atoms with Crippen LogP contribution in [0.4, 0.5) is 0 Å². The first-order valence-electron chi connectivity index (χ1n) is 7.72. The van der Waals surface area contributed by atoms with Crippen LogP contribution in [0.3, 0.4) is 0 Å². The van der Waals surface area contributed by atoms with Crippen molar-refractivity contribution in [3.8, 4) is 0 Å². The van der Waals surface area contributed by atoms with Crippen LogP contribution >= 0.6 is 0 Å². The molecule has 1 aromatic rings.